The number of hydrogen-bond donors (Lipinski definition) is 5. The van der Waals surface area contributed by atoms with Crippen molar-refractivity contribution in [2.45, 2.75) is 26.0 Å². The number of carbonyl (C=O) groups is 4. The van der Waals surface area contributed by atoms with E-state index in [1.54, 1.807) is 0 Å². The number of nitrogens with zero attached hydrogens (tertiary/aromatic N) is 3. The van der Waals surface area contributed by atoms with E-state index in [-0.39, 0.29) is 8.88 Å². The van der Waals surface area contributed by atoms with Gasteiger partial charge in [-0.3, -0.25) is 10.1 Å². The van der Waals surface area contributed by atoms with Gasteiger partial charge in [0.25, 0.3) is 5.72 Å². The summed E-state index contributed by atoms with van der Waals surface area (Å²) in [4.78, 5) is 48.3. The number of nitrogens with one attached hydrogen (secondary N) is 1. The van der Waals surface area contributed by atoms with Gasteiger partial charge in [0.15, 0.2) is 0 Å². The molecule has 1 aliphatic heterocycles. The molecule has 0 aromatic heterocycles. The first kappa shape index (κ1) is 24.4. The molecule has 0 spiro atoms. The first-order valence-corrected chi connectivity index (χ1v) is 8.37. The monoisotopic (exact) mass is 396 g/mol. The summed E-state index contributed by atoms with van der Waals surface area (Å²) >= 11 is 0. The Kier molecular flexibility index (Phi) is 10.1. The Balaban J connectivity index is -0.000000438. The summed E-state index contributed by atoms with van der Waals surface area (Å²) in [7, 11) is 2.10. The maximum Gasteiger partial charge on any atom is 0.407 e. The lowest BCUT2D eigenvalue weighted by Gasteiger charge is -2.35. The molecule has 1 atom stereocenters. The third kappa shape index (κ3) is 8.55. The van der Waals surface area contributed by atoms with Crippen LogP contribution in [0.2, 0.25) is 0 Å². The van der Waals surface area contributed by atoms with E-state index in [1.165, 1.54) is 5.32 Å². The minimum absolute atomic E-state index is 0. The molecule has 3 amide bonds. The second-order valence-corrected chi connectivity index (χ2v) is 5.91. The first-order chi connectivity index (χ1) is 12.5. The quantitative estimate of drug-likeness (QED) is 0.378. The third-order valence-electron chi connectivity index (χ3n) is 3.88. The standard InChI is InChI=1S/C10H21N3O.C5H7NO7.2H2/c1-4-12(5-2)10(14)13-8-6-11(3)7-9-13;7-2(8)1-5(13,3(9)10)6-4(11)12;;/h4-9H2,1-3H3;6,13H,1H2,(H,7,8)(H,9,10)(H,11,12);2*1H. The van der Waals surface area contributed by atoms with Crippen molar-refractivity contribution >= 4 is 24.1 Å². The summed E-state index contributed by atoms with van der Waals surface area (Å²) in [6.45, 7) is 9.38. The Labute approximate surface area is 159 Å². The molecule has 0 aliphatic carbocycles. The van der Waals surface area contributed by atoms with Crippen molar-refractivity contribution < 1.29 is 42.5 Å². The number of piperazine rings is 1. The van der Waals surface area contributed by atoms with Gasteiger partial charge in [-0.1, -0.05) is 0 Å². The molecule has 1 fully saturated rings. The summed E-state index contributed by atoms with van der Waals surface area (Å²) in [5.74, 6) is -3.61. The number of amides is 3. The second kappa shape index (κ2) is 11.2. The number of carbonyl (C=O) groups excluding carboxylic acids is 1. The molecule has 1 unspecified atom stereocenters. The lowest BCUT2D eigenvalue weighted by Crippen LogP contribution is -2.55. The van der Waals surface area contributed by atoms with Gasteiger partial charge in [-0.2, -0.15) is 0 Å². The van der Waals surface area contributed by atoms with Gasteiger partial charge < -0.3 is 35.1 Å². The summed E-state index contributed by atoms with van der Waals surface area (Å²) < 4.78 is 0. The minimum Gasteiger partial charge on any atom is -0.481 e. The van der Waals surface area contributed by atoms with Gasteiger partial charge in [-0.25, -0.2) is 14.4 Å². The second-order valence-electron chi connectivity index (χ2n) is 5.91. The van der Waals surface area contributed by atoms with Crippen LogP contribution in [0.15, 0.2) is 0 Å². The Morgan fingerprint density at radius 2 is 1.52 bits per heavy atom. The SMILES string of the molecule is CCN(CC)C(=O)N1CCN(C)CC1.O=C(O)CC(O)(NC(=O)O)C(=O)O.[HH].[HH]. The predicted octanol–water partition coefficient (Wildman–Crippen LogP) is -0.310. The fourth-order valence-corrected chi connectivity index (χ4v) is 2.26. The van der Waals surface area contributed by atoms with Gasteiger partial charge >= 0.3 is 24.1 Å². The molecule has 0 radical (unpaired) electrons. The van der Waals surface area contributed by atoms with E-state index >= 15 is 0 Å². The van der Waals surface area contributed by atoms with E-state index in [2.05, 4.69) is 11.9 Å². The zero-order valence-corrected chi connectivity index (χ0v) is 15.7. The Morgan fingerprint density at radius 3 is 1.85 bits per heavy atom. The topological polar surface area (TPSA) is 171 Å². The van der Waals surface area contributed by atoms with Crippen LogP contribution in [-0.2, 0) is 9.59 Å². The molecule has 1 heterocycles. The number of carboxylic acids is 2. The number of rotatable bonds is 6. The molecule has 160 valence electrons. The molecular weight excluding hydrogens is 364 g/mol. The number of aliphatic hydroxyl groups is 1. The van der Waals surface area contributed by atoms with Crippen molar-refractivity contribution in [2.24, 2.45) is 0 Å². The van der Waals surface area contributed by atoms with Crippen molar-refractivity contribution in [3.05, 3.63) is 0 Å². The number of likely N-dealkylation sites (N-methyl/N-ethyl adjacent to an activating group) is 1. The highest BCUT2D eigenvalue weighted by molar-refractivity contribution is 5.86. The predicted molar refractivity (Wildman–Crippen MR) is 97.6 cm³/mol. The van der Waals surface area contributed by atoms with E-state index < -0.39 is 30.2 Å². The van der Waals surface area contributed by atoms with Crippen LogP contribution in [0.25, 0.3) is 0 Å². The highest BCUT2D eigenvalue weighted by atomic mass is 16.4. The van der Waals surface area contributed by atoms with E-state index in [0.29, 0.717) is 0 Å². The van der Waals surface area contributed by atoms with Crippen LogP contribution in [0, 0.1) is 0 Å². The molecule has 27 heavy (non-hydrogen) atoms. The van der Waals surface area contributed by atoms with E-state index in [4.69, 9.17) is 20.4 Å². The number of urea groups is 1. The van der Waals surface area contributed by atoms with E-state index in [0.717, 1.165) is 39.3 Å². The van der Waals surface area contributed by atoms with Gasteiger partial charge in [0, 0.05) is 42.1 Å². The lowest BCUT2D eigenvalue weighted by molar-refractivity contribution is -0.168. The number of aliphatic carboxylic acids is 2. The Hall–Kier alpha value is -2.60. The van der Waals surface area contributed by atoms with Crippen molar-refractivity contribution in [1.29, 1.82) is 0 Å². The van der Waals surface area contributed by atoms with Crippen molar-refractivity contribution in [2.75, 3.05) is 46.3 Å². The average Bonchev–Trinajstić information content (AvgIpc) is 2.55. The van der Waals surface area contributed by atoms with E-state index in [1.807, 2.05) is 23.6 Å². The van der Waals surface area contributed by atoms with Crippen LogP contribution in [0.3, 0.4) is 0 Å². The molecule has 1 aliphatic rings. The van der Waals surface area contributed by atoms with Gasteiger partial charge in [-0.15, -0.1) is 0 Å². The van der Waals surface area contributed by atoms with Gasteiger partial charge in [-0.05, 0) is 20.9 Å². The Bertz CT molecular complexity index is 524. The van der Waals surface area contributed by atoms with Crippen LogP contribution in [0.1, 0.15) is 23.1 Å². The van der Waals surface area contributed by atoms with Crippen LogP contribution < -0.4 is 5.32 Å². The molecule has 0 aromatic carbocycles. The van der Waals surface area contributed by atoms with E-state index in [9.17, 15) is 19.2 Å². The summed E-state index contributed by atoms with van der Waals surface area (Å²) in [5.41, 5.74) is -2.99. The molecule has 0 bridgehead atoms. The van der Waals surface area contributed by atoms with Crippen LogP contribution in [-0.4, -0.2) is 111 Å². The minimum atomic E-state index is -2.99. The summed E-state index contributed by atoms with van der Waals surface area (Å²) in [6.07, 6.45) is -3.08. The normalized spacial score (nSPS) is 16.4. The number of hydrogen-bond acceptors (Lipinski definition) is 6. The van der Waals surface area contributed by atoms with Gasteiger partial charge in [0.1, 0.15) is 6.42 Å². The zero-order chi connectivity index (χ0) is 21.2. The lowest BCUT2D eigenvalue weighted by atomic mass is 10.1. The fraction of sp³-hybridized carbons (Fsp3) is 0.733. The highest BCUT2D eigenvalue weighted by Crippen LogP contribution is 2.06. The van der Waals surface area contributed by atoms with Crippen LogP contribution >= 0.6 is 0 Å². The maximum absolute atomic E-state index is 11.9. The molecule has 1 rings (SSSR count). The van der Waals surface area contributed by atoms with Crippen LogP contribution in [0.4, 0.5) is 9.59 Å². The Morgan fingerprint density at radius 1 is 1.04 bits per heavy atom. The third-order valence-corrected chi connectivity index (χ3v) is 3.88. The average molecular weight is 396 g/mol. The molecule has 1 saturated heterocycles. The van der Waals surface area contributed by atoms with Crippen molar-refractivity contribution in [3.8, 4) is 0 Å². The largest absolute Gasteiger partial charge is 0.481 e. The molecular formula is C15H32N4O8. The summed E-state index contributed by atoms with van der Waals surface area (Å²) in [6, 6.07) is 0.197. The van der Waals surface area contributed by atoms with Crippen molar-refractivity contribution in [3.63, 3.8) is 0 Å². The fourth-order valence-electron chi connectivity index (χ4n) is 2.26. The molecule has 0 aromatic rings. The maximum atomic E-state index is 11.9. The summed E-state index contributed by atoms with van der Waals surface area (Å²) in [5, 5.41) is 34.7. The molecule has 0 saturated carbocycles. The van der Waals surface area contributed by atoms with Crippen LogP contribution in [0.5, 0.6) is 0 Å². The zero-order valence-electron chi connectivity index (χ0n) is 15.7. The molecule has 12 heteroatoms. The first-order valence-electron chi connectivity index (χ1n) is 8.37. The van der Waals surface area contributed by atoms with Crippen molar-refractivity contribution in [1.82, 2.24) is 20.0 Å². The molecule has 12 nitrogen and oxygen atoms in total. The van der Waals surface area contributed by atoms with Gasteiger partial charge in [0.05, 0.1) is 0 Å². The molecule has 5 N–H and O–H groups in total. The highest BCUT2D eigenvalue weighted by Gasteiger charge is 2.40. The number of carboxylic acid groups (broad SMARTS) is 3. The smallest absolute Gasteiger partial charge is 0.407 e. The van der Waals surface area contributed by atoms with Gasteiger partial charge in [0.2, 0.25) is 0 Å².